The number of aromatic nitrogens is 4. The van der Waals surface area contributed by atoms with Crippen molar-refractivity contribution in [3.8, 4) is 23.0 Å². The van der Waals surface area contributed by atoms with Crippen molar-refractivity contribution < 1.29 is 47.8 Å². The number of benzene rings is 1. The second kappa shape index (κ2) is 12.9. The molecule has 0 amide bonds. The molecule has 196 valence electrons. The van der Waals surface area contributed by atoms with Crippen LogP contribution >= 0.6 is 0 Å². The van der Waals surface area contributed by atoms with Gasteiger partial charge in [-0.05, 0) is 63.9 Å². The van der Waals surface area contributed by atoms with E-state index < -0.39 is 15.9 Å². The molecule has 0 saturated carbocycles. The van der Waals surface area contributed by atoms with Crippen LogP contribution in [0.15, 0.2) is 23.1 Å². The molecule has 1 saturated heterocycles. The zero-order valence-electron chi connectivity index (χ0n) is 22.5. The number of hydrogen-bond acceptors (Lipinski definition) is 8. The van der Waals surface area contributed by atoms with Crippen LogP contribution in [0.5, 0.6) is 11.6 Å². The molecule has 0 bridgehead atoms. The van der Waals surface area contributed by atoms with Crippen LogP contribution in [-0.2, 0) is 23.5 Å². The molecule has 1 N–H and O–H groups in total. The molecular weight excluding hydrogens is 503 g/mol. The van der Waals surface area contributed by atoms with Gasteiger partial charge < -0.3 is 14.7 Å². The summed E-state index contributed by atoms with van der Waals surface area (Å²) in [6, 6.07) is 5.01. The molecule has 12 heteroatoms. The van der Waals surface area contributed by atoms with Gasteiger partial charge in [0.2, 0.25) is 10.0 Å². The van der Waals surface area contributed by atoms with E-state index in [1.807, 2.05) is 13.8 Å². The fraction of sp³-hybridized carbons (Fsp3) is 0.560. The molecule has 1 fully saturated rings. The van der Waals surface area contributed by atoms with Gasteiger partial charge >= 0.3 is 29.6 Å². The molecule has 0 aliphatic carbocycles. The second-order valence-electron chi connectivity index (χ2n) is 9.34. The summed E-state index contributed by atoms with van der Waals surface area (Å²) in [5.74, 6) is 0.109. The van der Waals surface area contributed by atoms with Crippen LogP contribution in [-0.4, -0.2) is 65.9 Å². The van der Waals surface area contributed by atoms with Crippen molar-refractivity contribution in [2.45, 2.75) is 63.3 Å². The molecule has 1 unspecified atom stereocenters. The molecule has 10 nitrogen and oxygen atoms in total. The molecule has 1 atom stereocenters. The van der Waals surface area contributed by atoms with E-state index in [4.69, 9.17) is 4.74 Å². The first-order valence-corrected chi connectivity index (χ1v) is 14.1. The van der Waals surface area contributed by atoms with E-state index in [1.165, 1.54) is 16.8 Å². The van der Waals surface area contributed by atoms with Crippen LogP contribution in [0.2, 0.25) is 0 Å². The largest absolute Gasteiger partial charge is 1.00 e. The zero-order valence-corrected chi connectivity index (χ0v) is 25.3. The van der Waals surface area contributed by atoms with Crippen molar-refractivity contribution >= 4 is 21.1 Å². The van der Waals surface area contributed by atoms with E-state index in [9.17, 15) is 13.5 Å². The molecule has 4 rings (SSSR count). The quantitative estimate of drug-likeness (QED) is 0.328. The second-order valence-corrected chi connectivity index (χ2v) is 11.1. The third kappa shape index (κ3) is 6.63. The maximum absolute atomic E-state index is 13.1. The van der Waals surface area contributed by atoms with Crippen LogP contribution < -0.4 is 44.1 Å². The van der Waals surface area contributed by atoms with E-state index in [0.29, 0.717) is 53.7 Å². The minimum atomic E-state index is -3.78. The average Bonchev–Trinajstić information content (AvgIpc) is 3.40. The fourth-order valence-corrected chi connectivity index (χ4v) is 5.78. The number of rotatable bonds is 11. The normalized spacial score (nSPS) is 16.3. The average molecular weight is 539 g/mol. The fourth-order valence-electron chi connectivity index (χ4n) is 4.71. The molecule has 37 heavy (non-hydrogen) atoms. The summed E-state index contributed by atoms with van der Waals surface area (Å²) in [5, 5.41) is 17.4. The Bertz CT molecular complexity index is 1330. The van der Waals surface area contributed by atoms with Crippen molar-refractivity contribution in [2.24, 2.45) is 7.05 Å². The Labute approximate surface area is 241 Å². The number of ether oxygens (including phenoxy) is 1. The first kappa shape index (κ1) is 29.8. The van der Waals surface area contributed by atoms with Crippen molar-refractivity contribution in [3.05, 3.63) is 23.9 Å². The minimum absolute atomic E-state index is 0. The predicted octanol–water partition coefficient (Wildman–Crippen LogP) is -0.388. The predicted molar refractivity (Wildman–Crippen MR) is 136 cm³/mol. The Kier molecular flexibility index (Phi) is 10.4. The van der Waals surface area contributed by atoms with Crippen LogP contribution in [0, 0.1) is 0 Å². The van der Waals surface area contributed by atoms with E-state index in [1.54, 1.807) is 13.1 Å². The van der Waals surface area contributed by atoms with Crippen LogP contribution in [0.25, 0.3) is 22.4 Å². The van der Waals surface area contributed by atoms with Gasteiger partial charge in [-0.3, -0.25) is 4.68 Å². The van der Waals surface area contributed by atoms with Gasteiger partial charge in [-0.25, -0.2) is 23.1 Å². The number of nitrogens with one attached hydrogen (secondary N) is 1. The Hall–Kier alpha value is -1.76. The smallest absolute Gasteiger partial charge is 0.857 e. The molecule has 1 aromatic carbocycles. The third-order valence-corrected chi connectivity index (χ3v) is 8.07. The number of fused-ring (bicyclic) bond motifs is 1. The molecule has 3 aromatic rings. The van der Waals surface area contributed by atoms with E-state index in [2.05, 4.69) is 31.7 Å². The number of sulfonamides is 1. The summed E-state index contributed by atoms with van der Waals surface area (Å²) in [5.41, 5.74) is 1.91. The van der Waals surface area contributed by atoms with Crippen molar-refractivity contribution in [1.29, 1.82) is 0 Å². The monoisotopic (exact) mass is 538 g/mol. The van der Waals surface area contributed by atoms with Gasteiger partial charge in [0.05, 0.1) is 28.3 Å². The number of aryl methyl sites for hydroxylation is 2. The summed E-state index contributed by atoms with van der Waals surface area (Å²) < 4.78 is 36.4. The topological polar surface area (TPSA) is 125 Å². The number of nitrogens with zero attached hydrogens (tertiary/aromatic N) is 5. The van der Waals surface area contributed by atoms with E-state index >= 15 is 0 Å². The van der Waals surface area contributed by atoms with Crippen molar-refractivity contribution in [2.75, 3.05) is 26.7 Å². The summed E-state index contributed by atoms with van der Waals surface area (Å²) in [6.45, 7) is 5.85. The molecule has 2 aromatic heterocycles. The minimum Gasteiger partial charge on any atom is -0.857 e. The first-order valence-electron chi connectivity index (χ1n) is 12.6. The summed E-state index contributed by atoms with van der Waals surface area (Å²) in [6.07, 6.45) is 5.26. The third-order valence-electron chi connectivity index (χ3n) is 6.61. The van der Waals surface area contributed by atoms with Crippen LogP contribution in [0.1, 0.15) is 51.6 Å². The van der Waals surface area contributed by atoms with Crippen LogP contribution in [0.4, 0.5) is 0 Å². The van der Waals surface area contributed by atoms with Gasteiger partial charge in [-0.2, -0.15) is 5.10 Å². The van der Waals surface area contributed by atoms with Crippen molar-refractivity contribution in [1.82, 2.24) is 29.4 Å². The molecule has 0 radical (unpaired) electrons. The zero-order chi connectivity index (χ0) is 25.9. The van der Waals surface area contributed by atoms with Crippen LogP contribution in [0.3, 0.4) is 0 Å². The molecule has 1 aliphatic rings. The van der Waals surface area contributed by atoms with Crippen molar-refractivity contribution in [3.63, 3.8) is 0 Å². The molecular formula is C25H35N6NaO4S. The summed E-state index contributed by atoms with van der Waals surface area (Å²) in [7, 11) is -0.00622. The Morgan fingerprint density at radius 3 is 2.65 bits per heavy atom. The maximum atomic E-state index is 13.1. The molecule has 1 aliphatic heterocycles. The van der Waals surface area contributed by atoms with Gasteiger partial charge in [0.15, 0.2) is 5.82 Å². The Balaban J connectivity index is 0.00000380. The van der Waals surface area contributed by atoms with Gasteiger partial charge in [-0.1, -0.05) is 20.3 Å². The van der Waals surface area contributed by atoms with Gasteiger partial charge in [0, 0.05) is 25.5 Å². The standard InChI is InChI=1S/C25H36N6O4S.Na/c1-5-8-20-22-23(31(4)29-20)25(32)28-24(27-22)19-16-18(10-11-21(19)35-15-6-2)36(33,34)26-13-12-17-9-7-14-30(17)3;/h10-11,16-17,26H,5-9,12-15H2,1-4H3,(H,27,28,32);/q;+1/p-1. The van der Waals surface area contributed by atoms with Gasteiger partial charge in [0.1, 0.15) is 11.3 Å². The Morgan fingerprint density at radius 2 is 1.97 bits per heavy atom. The number of hydrogen-bond donors (Lipinski definition) is 1. The van der Waals surface area contributed by atoms with E-state index in [0.717, 1.165) is 38.6 Å². The first-order chi connectivity index (χ1) is 17.2. The molecule has 0 spiro atoms. The van der Waals surface area contributed by atoms with E-state index in [-0.39, 0.29) is 40.3 Å². The van der Waals surface area contributed by atoms with Gasteiger partial charge in [0.25, 0.3) is 0 Å². The summed E-state index contributed by atoms with van der Waals surface area (Å²) in [4.78, 5) is 11.2. The Morgan fingerprint density at radius 1 is 1.19 bits per heavy atom. The van der Waals surface area contributed by atoms with Gasteiger partial charge in [-0.15, -0.1) is 0 Å². The SMILES string of the molecule is CCCOc1ccc(S(=O)(=O)NCCC2CCCN2C)cc1-c1nc([O-])c2c(n1)c(CCC)nn2C.[Na+]. The summed E-state index contributed by atoms with van der Waals surface area (Å²) >= 11 is 0. The molecule has 3 heterocycles. The maximum Gasteiger partial charge on any atom is 1.00 e. The number of likely N-dealkylation sites (tertiary alicyclic amines) is 1.